The van der Waals surface area contributed by atoms with Crippen LogP contribution in [-0.4, -0.2) is 56.7 Å². The van der Waals surface area contributed by atoms with Crippen LogP contribution in [0, 0.1) is 0 Å². The van der Waals surface area contributed by atoms with Crippen molar-refractivity contribution in [3.05, 3.63) is 66.1 Å². The van der Waals surface area contributed by atoms with Crippen molar-refractivity contribution in [2.75, 3.05) is 13.1 Å². The van der Waals surface area contributed by atoms with Gasteiger partial charge in [-0.2, -0.15) is 0 Å². The molecule has 8 heteroatoms. The van der Waals surface area contributed by atoms with Gasteiger partial charge in [-0.25, -0.2) is 0 Å². The first-order valence-electron chi connectivity index (χ1n) is 11.9. The number of nitrogens with one attached hydrogen (secondary N) is 2. The number of halogens is 1. The van der Waals surface area contributed by atoms with Crippen LogP contribution in [0.2, 0.25) is 0 Å². The molecule has 2 N–H and O–H groups in total. The maximum atomic E-state index is 4.85. The van der Waals surface area contributed by atoms with Gasteiger partial charge in [0.25, 0.3) is 0 Å². The average molecular weight is 560 g/mol. The van der Waals surface area contributed by atoms with Gasteiger partial charge in [0.1, 0.15) is 5.82 Å². The number of aromatic nitrogens is 3. The Balaban J connectivity index is 0.00000259. The number of hydrogen-bond acceptors (Lipinski definition) is 4. The molecular weight excluding hydrogens is 525 g/mol. The molecular formula is C25H34IN7. The molecule has 0 radical (unpaired) electrons. The van der Waals surface area contributed by atoms with Crippen molar-refractivity contribution in [1.82, 2.24) is 30.1 Å². The van der Waals surface area contributed by atoms with E-state index in [4.69, 9.17) is 4.99 Å². The largest absolute Gasteiger partial charge is 0.357 e. The molecule has 7 nitrogen and oxygen atoms in total. The molecule has 1 aromatic carbocycles. The Labute approximate surface area is 213 Å². The van der Waals surface area contributed by atoms with E-state index in [1.807, 2.05) is 28.8 Å². The third-order valence-electron chi connectivity index (χ3n) is 6.77. The zero-order chi connectivity index (χ0) is 21.8. The van der Waals surface area contributed by atoms with Crippen LogP contribution in [0.25, 0.3) is 5.65 Å². The van der Waals surface area contributed by atoms with Gasteiger partial charge < -0.3 is 10.6 Å². The molecule has 2 aliphatic heterocycles. The summed E-state index contributed by atoms with van der Waals surface area (Å²) in [6.07, 6.45) is 7.76. The summed E-state index contributed by atoms with van der Waals surface area (Å²) in [5.74, 6) is 1.87. The second kappa shape index (κ2) is 11.3. The number of fused-ring (bicyclic) bond motifs is 3. The molecule has 33 heavy (non-hydrogen) atoms. The van der Waals surface area contributed by atoms with E-state index < -0.39 is 0 Å². The summed E-state index contributed by atoms with van der Waals surface area (Å²) < 4.78 is 2.04. The maximum Gasteiger partial charge on any atom is 0.191 e. The lowest BCUT2D eigenvalue weighted by Gasteiger charge is -2.39. The van der Waals surface area contributed by atoms with Gasteiger partial charge in [-0.05, 0) is 50.3 Å². The van der Waals surface area contributed by atoms with Crippen molar-refractivity contribution in [1.29, 1.82) is 0 Å². The highest BCUT2D eigenvalue weighted by Gasteiger charge is 2.40. The van der Waals surface area contributed by atoms with Crippen molar-refractivity contribution in [3.8, 4) is 0 Å². The van der Waals surface area contributed by atoms with Gasteiger partial charge in [0.2, 0.25) is 0 Å². The van der Waals surface area contributed by atoms with E-state index in [0.29, 0.717) is 24.7 Å². The van der Waals surface area contributed by atoms with Gasteiger partial charge in [-0.3, -0.25) is 14.3 Å². The number of benzene rings is 1. The second-order valence-corrected chi connectivity index (χ2v) is 8.91. The summed E-state index contributed by atoms with van der Waals surface area (Å²) in [4.78, 5) is 7.58. The molecule has 5 rings (SSSR count). The predicted molar refractivity (Wildman–Crippen MR) is 143 cm³/mol. The van der Waals surface area contributed by atoms with E-state index >= 15 is 0 Å². The zero-order valence-corrected chi connectivity index (χ0v) is 21.6. The summed E-state index contributed by atoms with van der Waals surface area (Å²) in [5.41, 5.74) is 2.31. The highest BCUT2D eigenvalue weighted by atomic mass is 127. The molecule has 2 saturated heterocycles. The van der Waals surface area contributed by atoms with Gasteiger partial charge >= 0.3 is 0 Å². The van der Waals surface area contributed by atoms with Crippen molar-refractivity contribution < 1.29 is 0 Å². The standard InChI is InChI=1S/C25H33N7.HI/c1-2-26-25(27-14-13-24-30-29-23-10-6-7-15-31(23)24)28-20-16-21-11-12-22(17-20)32(21)18-19-8-4-3-5-9-19;/h3-10,15,20-22H,2,11-14,16-18H2,1H3,(H2,26,27,28);1H. The minimum absolute atomic E-state index is 0. The van der Waals surface area contributed by atoms with Crippen LogP contribution in [0.1, 0.15) is 44.0 Å². The van der Waals surface area contributed by atoms with Gasteiger partial charge in [-0.15, -0.1) is 34.2 Å². The fourth-order valence-electron chi connectivity index (χ4n) is 5.29. The monoisotopic (exact) mass is 559 g/mol. The lowest BCUT2D eigenvalue weighted by molar-refractivity contribution is 0.114. The molecule has 2 atom stereocenters. The third-order valence-corrected chi connectivity index (χ3v) is 6.77. The summed E-state index contributed by atoms with van der Waals surface area (Å²) in [7, 11) is 0. The molecule has 0 aliphatic carbocycles. The normalized spacial score (nSPS) is 22.8. The number of hydrogen-bond donors (Lipinski definition) is 2. The molecule has 4 heterocycles. The Bertz CT molecular complexity index is 1040. The third kappa shape index (κ3) is 5.66. The summed E-state index contributed by atoms with van der Waals surface area (Å²) in [6.45, 7) is 4.74. The summed E-state index contributed by atoms with van der Waals surface area (Å²) in [6, 6.07) is 18.7. The Kier molecular flexibility index (Phi) is 8.19. The Morgan fingerprint density at radius 1 is 1.03 bits per heavy atom. The van der Waals surface area contributed by atoms with Crippen LogP contribution in [-0.2, 0) is 13.0 Å². The molecule has 2 aliphatic rings. The second-order valence-electron chi connectivity index (χ2n) is 8.91. The van der Waals surface area contributed by atoms with Crippen LogP contribution < -0.4 is 10.6 Å². The quantitative estimate of drug-likeness (QED) is 0.263. The molecule has 2 aromatic heterocycles. The van der Waals surface area contributed by atoms with E-state index in [1.165, 1.54) is 31.2 Å². The number of guanidine groups is 1. The number of pyridine rings is 1. The molecule has 0 amide bonds. The van der Waals surface area contributed by atoms with Crippen LogP contribution in [0.3, 0.4) is 0 Å². The topological polar surface area (TPSA) is 69.8 Å². The molecule has 3 aromatic rings. The van der Waals surface area contributed by atoms with Crippen molar-refractivity contribution in [2.45, 2.75) is 63.7 Å². The number of aliphatic imine (C=N–C) groups is 1. The van der Waals surface area contributed by atoms with Crippen LogP contribution >= 0.6 is 24.0 Å². The molecule has 2 unspecified atom stereocenters. The molecule has 176 valence electrons. The van der Waals surface area contributed by atoms with Gasteiger partial charge in [0, 0.05) is 50.4 Å². The Hall–Kier alpha value is -2.20. The lowest BCUT2D eigenvalue weighted by atomic mass is 9.96. The van der Waals surface area contributed by atoms with Crippen LogP contribution in [0.4, 0.5) is 0 Å². The van der Waals surface area contributed by atoms with Crippen LogP contribution in [0.5, 0.6) is 0 Å². The minimum Gasteiger partial charge on any atom is -0.357 e. The molecule has 2 bridgehead atoms. The predicted octanol–water partition coefficient (Wildman–Crippen LogP) is 3.64. The van der Waals surface area contributed by atoms with E-state index in [-0.39, 0.29) is 24.0 Å². The number of piperidine rings is 1. The summed E-state index contributed by atoms with van der Waals surface area (Å²) >= 11 is 0. The summed E-state index contributed by atoms with van der Waals surface area (Å²) in [5, 5.41) is 15.7. The van der Waals surface area contributed by atoms with Crippen molar-refractivity contribution in [2.24, 2.45) is 4.99 Å². The number of nitrogens with zero attached hydrogens (tertiary/aromatic N) is 5. The fraction of sp³-hybridized carbons (Fsp3) is 0.480. The Morgan fingerprint density at radius 3 is 2.55 bits per heavy atom. The molecule has 0 saturated carbocycles. The van der Waals surface area contributed by atoms with E-state index in [9.17, 15) is 0 Å². The first kappa shape index (κ1) is 23.9. The zero-order valence-electron chi connectivity index (χ0n) is 19.2. The number of rotatable bonds is 7. The van der Waals surface area contributed by atoms with Gasteiger partial charge in [0.15, 0.2) is 11.6 Å². The minimum atomic E-state index is 0. The van der Waals surface area contributed by atoms with Crippen molar-refractivity contribution >= 4 is 35.6 Å². The van der Waals surface area contributed by atoms with E-state index in [2.05, 4.69) is 63.0 Å². The Morgan fingerprint density at radius 2 is 1.79 bits per heavy atom. The van der Waals surface area contributed by atoms with Gasteiger partial charge in [0.05, 0.1) is 0 Å². The highest BCUT2D eigenvalue weighted by Crippen LogP contribution is 2.36. The molecule has 0 spiro atoms. The van der Waals surface area contributed by atoms with E-state index in [0.717, 1.165) is 36.9 Å². The first-order chi connectivity index (χ1) is 15.8. The first-order valence-corrected chi connectivity index (χ1v) is 11.9. The molecule has 2 fully saturated rings. The smallest absolute Gasteiger partial charge is 0.191 e. The van der Waals surface area contributed by atoms with Gasteiger partial charge in [-0.1, -0.05) is 36.4 Å². The SMILES string of the molecule is CCNC(=NCCc1nnc2ccccn12)NC1CC2CCC(C1)N2Cc1ccccc1.I. The average Bonchev–Trinajstić information content (AvgIpc) is 3.32. The van der Waals surface area contributed by atoms with Crippen molar-refractivity contribution in [3.63, 3.8) is 0 Å². The fourth-order valence-corrected chi connectivity index (χ4v) is 5.29. The van der Waals surface area contributed by atoms with E-state index in [1.54, 1.807) is 0 Å². The maximum absolute atomic E-state index is 4.85. The lowest BCUT2D eigenvalue weighted by Crippen LogP contribution is -2.52. The highest BCUT2D eigenvalue weighted by molar-refractivity contribution is 14.0. The van der Waals surface area contributed by atoms with Crippen LogP contribution in [0.15, 0.2) is 59.7 Å².